The molecule has 3 nitrogen and oxygen atoms in total. The first-order valence-electron chi connectivity index (χ1n) is 5.21. The van der Waals surface area contributed by atoms with Crippen LogP contribution in [0.1, 0.15) is 53.9 Å². The fraction of sp³-hybridized carbons (Fsp3) is 0.909. The van der Waals surface area contributed by atoms with Gasteiger partial charge in [-0.25, -0.2) is 4.79 Å². The van der Waals surface area contributed by atoms with Gasteiger partial charge >= 0.3 is 5.97 Å². The van der Waals surface area contributed by atoms with Gasteiger partial charge in [-0.05, 0) is 33.6 Å². The summed E-state index contributed by atoms with van der Waals surface area (Å²) < 4.78 is 5.16. The lowest BCUT2D eigenvalue weighted by Gasteiger charge is -2.29. The molecule has 0 amide bonds. The van der Waals surface area contributed by atoms with E-state index in [4.69, 9.17) is 4.74 Å². The van der Waals surface area contributed by atoms with Crippen LogP contribution in [0.25, 0.3) is 0 Å². The predicted molar refractivity (Wildman–Crippen MR) is 56.0 cm³/mol. The highest BCUT2D eigenvalue weighted by Crippen LogP contribution is 2.22. The van der Waals surface area contributed by atoms with Crippen LogP contribution in [0.4, 0.5) is 0 Å². The highest BCUT2D eigenvalue weighted by atomic mass is 16.6. The van der Waals surface area contributed by atoms with Crippen LogP contribution < -0.4 is 0 Å². The second-order valence-corrected chi connectivity index (χ2v) is 4.64. The minimum atomic E-state index is -1.30. The first-order valence-corrected chi connectivity index (χ1v) is 5.21. The minimum Gasteiger partial charge on any atom is -0.458 e. The number of carbonyl (C=O) groups excluding carboxylic acids is 1. The number of hydrogen-bond donors (Lipinski definition) is 1. The molecule has 0 aromatic carbocycles. The van der Waals surface area contributed by atoms with Crippen LogP contribution in [0, 0.1) is 0 Å². The Balaban J connectivity index is 4.46. The molecule has 0 aromatic rings. The van der Waals surface area contributed by atoms with Crippen molar-refractivity contribution in [1.29, 1.82) is 0 Å². The summed E-state index contributed by atoms with van der Waals surface area (Å²) in [4.78, 5) is 11.6. The van der Waals surface area contributed by atoms with Crippen LogP contribution in [0.2, 0.25) is 0 Å². The van der Waals surface area contributed by atoms with E-state index in [9.17, 15) is 9.90 Å². The molecule has 1 atom stereocenters. The van der Waals surface area contributed by atoms with Gasteiger partial charge < -0.3 is 9.84 Å². The summed E-state index contributed by atoms with van der Waals surface area (Å²) in [5.74, 6) is -0.505. The molecule has 0 heterocycles. The van der Waals surface area contributed by atoms with Crippen molar-refractivity contribution >= 4 is 5.97 Å². The predicted octanol–water partition coefficient (Wildman–Crippen LogP) is 2.27. The van der Waals surface area contributed by atoms with E-state index >= 15 is 0 Å². The van der Waals surface area contributed by atoms with Crippen LogP contribution in [0.3, 0.4) is 0 Å². The molecule has 3 heteroatoms. The Hall–Kier alpha value is -0.570. The maximum absolute atomic E-state index is 11.6. The second-order valence-electron chi connectivity index (χ2n) is 4.64. The lowest BCUT2D eigenvalue weighted by atomic mass is 9.95. The fourth-order valence-electron chi connectivity index (χ4n) is 1.21. The van der Waals surface area contributed by atoms with E-state index in [1.165, 1.54) is 0 Å². The quantitative estimate of drug-likeness (QED) is 0.711. The maximum Gasteiger partial charge on any atom is 0.338 e. The molecule has 0 saturated carbocycles. The average molecular weight is 202 g/mol. The number of ether oxygens (including phenoxy) is 1. The van der Waals surface area contributed by atoms with E-state index < -0.39 is 17.2 Å². The molecular weight excluding hydrogens is 180 g/mol. The molecule has 14 heavy (non-hydrogen) atoms. The Morgan fingerprint density at radius 1 is 1.29 bits per heavy atom. The number of aliphatic hydroxyl groups is 1. The Morgan fingerprint density at radius 3 is 2.07 bits per heavy atom. The van der Waals surface area contributed by atoms with Gasteiger partial charge in [0.1, 0.15) is 5.60 Å². The molecule has 1 unspecified atom stereocenters. The van der Waals surface area contributed by atoms with Gasteiger partial charge in [0.15, 0.2) is 5.60 Å². The van der Waals surface area contributed by atoms with Gasteiger partial charge in [-0.3, -0.25) is 0 Å². The third-order valence-corrected chi connectivity index (χ3v) is 2.03. The molecule has 0 saturated heterocycles. The molecule has 0 aliphatic carbocycles. The zero-order chi connectivity index (χ0) is 11.4. The van der Waals surface area contributed by atoms with Crippen molar-refractivity contribution in [1.82, 2.24) is 0 Å². The van der Waals surface area contributed by atoms with Gasteiger partial charge in [-0.2, -0.15) is 0 Å². The maximum atomic E-state index is 11.6. The van der Waals surface area contributed by atoms with Crippen LogP contribution in [0.5, 0.6) is 0 Å². The summed E-state index contributed by atoms with van der Waals surface area (Å²) in [5.41, 5.74) is -1.84. The summed E-state index contributed by atoms with van der Waals surface area (Å²) in [6.45, 7) is 9.12. The van der Waals surface area contributed by atoms with E-state index in [0.717, 1.165) is 6.42 Å². The van der Waals surface area contributed by atoms with Crippen LogP contribution >= 0.6 is 0 Å². The summed E-state index contributed by atoms with van der Waals surface area (Å²) in [5, 5.41) is 9.98. The number of rotatable bonds is 4. The molecule has 0 rings (SSSR count). The van der Waals surface area contributed by atoms with E-state index in [1.54, 1.807) is 27.7 Å². The summed E-state index contributed by atoms with van der Waals surface area (Å²) >= 11 is 0. The van der Waals surface area contributed by atoms with Gasteiger partial charge in [-0.15, -0.1) is 0 Å². The largest absolute Gasteiger partial charge is 0.458 e. The molecular formula is C11H22O3. The summed E-state index contributed by atoms with van der Waals surface area (Å²) in [7, 11) is 0. The number of hydrogen-bond acceptors (Lipinski definition) is 3. The van der Waals surface area contributed by atoms with Crippen molar-refractivity contribution in [2.45, 2.75) is 65.1 Å². The normalized spacial score (nSPS) is 16.1. The van der Waals surface area contributed by atoms with Crippen molar-refractivity contribution in [2.75, 3.05) is 0 Å². The van der Waals surface area contributed by atoms with E-state index in [0.29, 0.717) is 12.8 Å². The fourth-order valence-corrected chi connectivity index (χ4v) is 1.21. The first-order chi connectivity index (χ1) is 6.25. The third kappa shape index (κ3) is 4.09. The average Bonchev–Trinajstić information content (AvgIpc) is 2.01. The van der Waals surface area contributed by atoms with Gasteiger partial charge in [0, 0.05) is 0 Å². The number of carbonyl (C=O) groups is 1. The van der Waals surface area contributed by atoms with E-state index in [1.807, 2.05) is 6.92 Å². The van der Waals surface area contributed by atoms with Crippen molar-refractivity contribution in [2.24, 2.45) is 0 Å². The lowest BCUT2D eigenvalue weighted by molar-refractivity contribution is -0.178. The molecule has 0 aromatic heterocycles. The molecule has 0 aliphatic rings. The topological polar surface area (TPSA) is 46.5 Å². The highest BCUT2D eigenvalue weighted by Gasteiger charge is 2.36. The Morgan fingerprint density at radius 2 is 1.79 bits per heavy atom. The minimum absolute atomic E-state index is 0.399. The molecule has 0 bridgehead atoms. The van der Waals surface area contributed by atoms with Crippen molar-refractivity contribution in [3.63, 3.8) is 0 Å². The van der Waals surface area contributed by atoms with Crippen LogP contribution in [-0.4, -0.2) is 22.3 Å². The second kappa shape index (κ2) is 4.78. The van der Waals surface area contributed by atoms with Gasteiger partial charge in [0.2, 0.25) is 0 Å². The van der Waals surface area contributed by atoms with Gasteiger partial charge in [0.05, 0.1) is 0 Å². The molecule has 0 fully saturated rings. The van der Waals surface area contributed by atoms with Crippen molar-refractivity contribution in [3.8, 4) is 0 Å². The third-order valence-electron chi connectivity index (χ3n) is 2.03. The Kier molecular flexibility index (Phi) is 4.59. The Bertz CT molecular complexity index is 193. The first kappa shape index (κ1) is 13.4. The zero-order valence-electron chi connectivity index (χ0n) is 9.89. The summed E-state index contributed by atoms with van der Waals surface area (Å²) in [6.07, 6.45) is 1.62. The molecule has 0 radical (unpaired) electrons. The number of esters is 1. The standard InChI is InChI=1S/C11H22O3/c1-6-8-11(13,7-2)9(12)14-10(3,4)5/h13H,6-8H2,1-5H3. The van der Waals surface area contributed by atoms with E-state index in [-0.39, 0.29) is 0 Å². The van der Waals surface area contributed by atoms with Crippen molar-refractivity contribution < 1.29 is 14.6 Å². The Labute approximate surface area is 86.5 Å². The van der Waals surface area contributed by atoms with Crippen LogP contribution in [0.15, 0.2) is 0 Å². The monoisotopic (exact) mass is 202 g/mol. The molecule has 1 N–H and O–H groups in total. The SMILES string of the molecule is CCCC(O)(CC)C(=O)OC(C)(C)C. The zero-order valence-corrected chi connectivity index (χ0v) is 9.89. The highest BCUT2D eigenvalue weighted by molar-refractivity contribution is 5.79. The summed E-state index contributed by atoms with van der Waals surface area (Å²) in [6, 6.07) is 0. The smallest absolute Gasteiger partial charge is 0.338 e. The van der Waals surface area contributed by atoms with E-state index in [2.05, 4.69) is 0 Å². The van der Waals surface area contributed by atoms with Gasteiger partial charge in [0.25, 0.3) is 0 Å². The molecule has 84 valence electrons. The lowest BCUT2D eigenvalue weighted by Crippen LogP contribution is -2.42. The van der Waals surface area contributed by atoms with Crippen LogP contribution in [-0.2, 0) is 9.53 Å². The van der Waals surface area contributed by atoms with Crippen molar-refractivity contribution in [3.05, 3.63) is 0 Å². The van der Waals surface area contributed by atoms with Gasteiger partial charge in [-0.1, -0.05) is 20.3 Å². The molecule has 0 spiro atoms. The molecule has 0 aliphatic heterocycles.